The lowest BCUT2D eigenvalue weighted by atomic mass is 9.87. The molecule has 1 nitrogen and oxygen atoms in total. The first-order valence-electron chi connectivity index (χ1n) is 5.77. The molecule has 0 N–H and O–H groups in total. The van der Waals surface area contributed by atoms with E-state index >= 15 is 0 Å². The van der Waals surface area contributed by atoms with Crippen molar-refractivity contribution in [3.8, 4) is 0 Å². The molecule has 0 aromatic carbocycles. The van der Waals surface area contributed by atoms with Crippen molar-refractivity contribution >= 4 is 0 Å². The second kappa shape index (κ2) is 4.17. The molecule has 1 fully saturated rings. The summed E-state index contributed by atoms with van der Waals surface area (Å²) in [6.07, 6.45) is 12.1. The molecule has 1 saturated carbocycles. The first-order chi connectivity index (χ1) is 6.40. The summed E-state index contributed by atoms with van der Waals surface area (Å²) in [4.78, 5) is 0. The van der Waals surface area contributed by atoms with E-state index in [1.165, 1.54) is 50.7 Å². The van der Waals surface area contributed by atoms with E-state index in [4.69, 9.17) is 4.74 Å². The van der Waals surface area contributed by atoms with E-state index in [0.29, 0.717) is 6.10 Å². The monoisotopic (exact) mass is 180 g/mol. The number of fused-ring (bicyclic) bond motifs is 1. The van der Waals surface area contributed by atoms with Gasteiger partial charge in [0.05, 0.1) is 5.76 Å². The molecule has 2 rings (SSSR count). The van der Waals surface area contributed by atoms with Gasteiger partial charge in [0.1, 0.15) is 6.10 Å². The van der Waals surface area contributed by atoms with Crippen LogP contribution < -0.4 is 0 Å². The molecular weight excluding hydrogens is 160 g/mol. The zero-order chi connectivity index (χ0) is 9.10. The summed E-state index contributed by atoms with van der Waals surface area (Å²) in [7, 11) is 0. The lowest BCUT2D eigenvalue weighted by Crippen LogP contribution is -2.20. The van der Waals surface area contributed by atoms with Crippen LogP contribution in [0.4, 0.5) is 0 Å². The minimum atomic E-state index is 0.556. The van der Waals surface area contributed by atoms with Crippen LogP contribution in [-0.2, 0) is 4.74 Å². The van der Waals surface area contributed by atoms with Gasteiger partial charge in [0.25, 0.3) is 0 Å². The van der Waals surface area contributed by atoms with Crippen LogP contribution in [0.3, 0.4) is 0 Å². The van der Waals surface area contributed by atoms with Crippen LogP contribution >= 0.6 is 0 Å². The predicted octanol–water partition coefficient (Wildman–Crippen LogP) is 3.65. The van der Waals surface area contributed by atoms with Crippen molar-refractivity contribution in [1.82, 2.24) is 0 Å². The number of hydrogen-bond acceptors (Lipinski definition) is 1. The summed E-state index contributed by atoms with van der Waals surface area (Å²) in [5, 5.41) is 0. The average molecular weight is 180 g/mol. The molecule has 0 bridgehead atoms. The van der Waals surface area contributed by atoms with E-state index in [1.807, 2.05) is 0 Å². The molecule has 1 aliphatic carbocycles. The SMILES string of the molecule is CCCCC1=CC2CCCCC2O1. The normalized spacial score (nSPS) is 32.2. The number of hydrogen-bond donors (Lipinski definition) is 0. The molecule has 74 valence electrons. The quantitative estimate of drug-likeness (QED) is 0.644. The van der Waals surface area contributed by atoms with Gasteiger partial charge in [-0.25, -0.2) is 0 Å². The highest BCUT2D eigenvalue weighted by Crippen LogP contribution is 2.36. The Morgan fingerprint density at radius 1 is 1.38 bits per heavy atom. The molecule has 0 radical (unpaired) electrons. The van der Waals surface area contributed by atoms with Gasteiger partial charge in [-0.1, -0.05) is 19.8 Å². The Morgan fingerprint density at radius 3 is 3.00 bits per heavy atom. The Morgan fingerprint density at radius 2 is 2.23 bits per heavy atom. The Hall–Kier alpha value is -0.460. The smallest absolute Gasteiger partial charge is 0.105 e. The fraction of sp³-hybridized carbons (Fsp3) is 0.833. The van der Waals surface area contributed by atoms with Gasteiger partial charge in [0.15, 0.2) is 0 Å². The van der Waals surface area contributed by atoms with Gasteiger partial charge in [0.2, 0.25) is 0 Å². The standard InChI is InChI=1S/C12H20O/c1-2-3-7-11-9-10-6-4-5-8-12(10)13-11/h9-10,12H,2-8H2,1H3. The van der Waals surface area contributed by atoms with Crippen LogP contribution in [-0.4, -0.2) is 6.10 Å². The highest BCUT2D eigenvalue weighted by molar-refractivity contribution is 5.07. The van der Waals surface area contributed by atoms with E-state index in [0.717, 1.165) is 5.92 Å². The fourth-order valence-corrected chi connectivity index (χ4v) is 2.43. The molecule has 0 amide bonds. The molecule has 2 unspecified atom stereocenters. The van der Waals surface area contributed by atoms with E-state index in [9.17, 15) is 0 Å². The zero-order valence-electron chi connectivity index (χ0n) is 8.59. The molecule has 1 heteroatoms. The van der Waals surface area contributed by atoms with Crippen molar-refractivity contribution in [2.75, 3.05) is 0 Å². The molecule has 0 spiro atoms. The average Bonchev–Trinajstić information content (AvgIpc) is 2.57. The van der Waals surface area contributed by atoms with Gasteiger partial charge in [-0.05, 0) is 31.8 Å². The summed E-state index contributed by atoms with van der Waals surface area (Å²) < 4.78 is 5.93. The van der Waals surface area contributed by atoms with Crippen molar-refractivity contribution in [2.45, 2.75) is 58.0 Å². The van der Waals surface area contributed by atoms with Crippen LogP contribution in [0, 0.1) is 5.92 Å². The summed E-state index contributed by atoms with van der Waals surface area (Å²) in [6, 6.07) is 0. The van der Waals surface area contributed by atoms with Crippen LogP contribution in [0.2, 0.25) is 0 Å². The van der Waals surface area contributed by atoms with Gasteiger partial charge < -0.3 is 4.74 Å². The highest BCUT2D eigenvalue weighted by atomic mass is 16.5. The van der Waals surface area contributed by atoms with Crippen molar-refractivity contribution < 1.29 is 4.74 Å². The van der Waals surface area contributed by atoms with Crippen molar-refractivity contribution in [3.05, 3.63) is 11.8 Å². The lowest BCUT2D eigenvalue weighted by Gasteiger charge is -2.23. The number of allylic oxidation sites excluding steroid dienone is 1. The van der Waals surface area contributed by atoms with Crippen LogP contribution in [0.25, 0.3) is 0 Å². The Labute approximate surface area is 81.2 Å². The van der Waals surface area contributed by atoms with Crippen molar-refractivity contribution in [2.24, 2.45) is 5.92 Å². The molecule has 0 saturated heterocycles. The first kappa shape index (κ1) is 9.11. The van der Waals surface area contributed by atoms with Crippen molar-refractivity contribution in [1.29, 1.82) is 0 Å². The number of unbranched alkanes of at least 4 members (excludes halogenated alkanes) is 1. The number of rotatable bonds is 3. The lowest BCUT2D eigenvalue weighted by molar-refractivity contribution is 0.0780. The Balaban J connectivity index is 1.86. The maximum atomic E-state index is 5.93. The molecule has 1 heterocycles. The summed E-state index contributed by atoms with van der Waals surface area (Å²) in [5.41, 5.74) is 0. The van der Waals surface area contributed by atoms with E-state index in [1.54, 1.807) is 0 Å². The molecule has 13 heavy (non-hydrogen) atoms. The Bertz CT molecular complexity index is 195. The maximum Gasteiger partial charge on any atom is 0.105 e. The van der Waals surface area contributed by atoms with Crippen LogP contribution in [0.15, 0.2) is 11.8 Å². The fourth-order valence-electron chi connectivity index (χ4n) is 2.43. The minimum Gasteiger partial charge on any atom is -0.494 e. The van der Waals surface area contributed by atoms with Gasteiger partial charge >= 0.3 is 0 Å². The highest BCUT2D eigenvalue weighted by Gasteiger charge is 2.30. The first-order valence-corrected chi connectivity index (χ1v) is 5.77. The van der Waals surface area contributed by atoms with Crippen LogP contribution in [0.5, 0.6) is 0 Å². The van der Waals surface area contributed by atoms with Crippen LogP contribution in [0.1, 0.15) is 51.9 Å². The predicted molar refractivity (Wildman–Crippen MR) is 54.4 cm³/mol. The third kappa shape index (κ3) is 2.07. The van der Waals surface area contributed by atoms with Gasteiger partial charge in [-0.15, -0.1) is 0 Å². The van der Waals surface area contributed by atoms with Crippen molar-refractivity contribution in [3.63, 3.8) is 0 Å². The topological polar surface area (TPSA) is 9.23 Å². The minimum absolute atomic E-state index is 0.556. The summed E-state index contributed by atoms with van der Waals surface area (Å²) in [6.45, 7) is 2.24. The van der Waals surface area contributed by atoms with E-state index in [-0.39, 0.29) is 0 Å². The number of ether oxygens (including phenoxy) is 1. The van der Waals surface area contributed by atoms with E-state index < -0.39 is 0 Å². The second-order valence-corrected chi connectivity index (χ2v) is 4.34. The molecular formula is C12H20O. The van der Waals surface area contributed by atoms with Gasteiger partial charge in [0, 0.05) is 12.3 Å². The largest absolute Gasteiger partial charge is 0.494 e. The van der Waals surface area contributed by atoms with Gasteiger partial charge in [-0.3, -0.25) is 0 Å². The third-order valence-corrected chi connectivity index (χ3v) is 3.23. The second-order valence-electron chi connectivity index (χ2n) is 4.34. The van der Waals surface area contributed by atoms with E-state index in [2.05, 4.69) is 13.0 Å². The molecule has 1 aliphatic heterocycles. The maximum absolute atomic E-state index is 5.93. The zero-order valence-corrected chi connectivity index (χ0v) is 8.59. The summed E-state index contributed by atoms with van der Waals surface area (Å²) in [5.74, 6) is 2.05. The molecule has 0 aromatic heterocycles. The molecule has 0 aromatic rings. The third-order valence-electron chi connectivity index (χ3n) is 3.23. The molecule has 2 atom stereocenters. The molecule has 2 aliphatic rings. The van der Waals surface area contributed by atoms with Gasteiger partial charge in [-0.2, -0.15) is 0 Å². The Kier molecular flexibility index (Phi) is 2.92. The summed E-state index contributed by atoms with van der Waals surface area (Å²) >= 11 is 0.